The zero-order chi connectivity index (χ0) is 21.4. The van der Waals surface area contributed by atoms with Crippen LogP contribution < -0.4 is 0 Å². The maximum Gasteiger partial charge on any atom is 0.274 e. The molecule has 0 unspecified atom stereocenters. The van der Waals surface area contributed by atoms with E-state index in [1.807, 2.05) is 18.2 Å². The van der Waals surface area contributed by atoms with Crippen molar-refractivity contribution in [3.8, 4) is 0 Å². The van der Waals surface area contributed by atoms with Crippen molar-refractivity contribution in [2.75, 3.05) is 26.3 Å². The van der Waals surface area contributed by atoms with E-state index < -0.39 is 0 Å². The largest absolute Gasteiger partial charge is 0.379 e. The molecule has 1 saturated heterocycles. The Bertz CT molecular complexity index is 879. The molecule has 0 spiro atoms. The quantitative estimate of drug-likeness (QED) is 0.187. The first-order valence-corrected chi connectivity index (χ1v) is 11.8. The molecule has 2 aromatic rings. The number of alkyl halides is 1. The van der Waals surface area contributed by atoms with Crippen molar-refractivity contribution in [2.24, 2.45) is 0 Å². The van der Waals surface area contributed by atoms with Crippen molar-refractivity contribution in [2.45, 2.75) is 11.9 Å². The second-order valence-corrected chi connectivity index (χ2v) is 9.13. The fraction of sp³-hybridized carbons (Fsp3) is 0.333. The van der Waals surface area contributed by atoms with E-state index in [1.165, 1.54) is 0 Å². The third-order valence-corrected chi connectivity index (χ3v) is 6.08. The highest BCUT2D eigenvalue weighted by atomic mass is 127. The molecule has 1 heterocycles. The summed E-state index contributed by atoms with van der Waals surface area (Å²) in [6.07, 6.45) is 0. The Balaban J connectivity index is 0.000000221. The van der Waals surface area contributed by atoms with Gasteiger partial charge in [0.15, 0.2) is 0 Å². The summed E-state index contributed by atoms with van der Waals surface area (Å²) in [5.74, 6) is 0. The Morgan fingerprint density at radius 3 is 1.90 bits per heavy atom. The fourth-order valence-corrected chi connectivity index (χ4v) is 4.08. The van der Waals surface area contributed by atoms with E-state index in [1.54, 1.807) is 18.2 Å². The van der Waals surface area contributed by atoms with Crippen molar-refractivity contribution in [1.29, 1.82) is 0 Å². The second kappa shape index (κ2) is 12.1. The Morgan fingerprint density at radius 1 is 0.931 bits per heavy atom. The molecule has 0 bridgehead atoms. The van der Waals surface area contributed by atoms with Crippen molar-refractivity contribution >= 4 is 72.5 Å². The van der Waals surface area contributed by atoms with E-state index in [2.05, 4.69) is 66.0 Å². The summed E-state index contributed by atoms with van der Waals surface area (Å²) in [4.78, 5) is 23.0. The smallest absolute Gasteiger partial charge is 0.274 e. The number of nitro groups is 2. The highest BCUT2D eigenvalue weighted by Crippen LogP contribution is 2.24. The first kappa shape index (κ1) is 24.4. The standard InChI is InChI=1S/C11H13IN2O3.C7H5BrINO2/c12-10-2-1-9(11(7-10)14(15)16)8-13-3-5-17-6-4-13;8-4-5-1-2-6(9)3-7(5)10(11)12/h1-2,7H,3-6,8H2;1-3H,4H2. The van der Waals surface area contributed by atoms with Crippen molar-refractivity contribution in [1.82, 2.24) is 4.90 Å². The number of morpholine rings is 1. The van der Waals surface area contributed by atoms with Gasteiger partial charge in [-0.25, -0.2) is 0 Å². The lowest BCUT2D eigenvalue weighted by Crippen LogP contribution is -2.35. The average molecular weight is 690 g/mol. The van der Waals surface area contributed by atoms with E-state index in [-0.39, 0.29) is 21.2 Å². The molecular weight excluding hydrogens is 672 g/mol. The van der Waals surface area contributed by atoms with Gasteiger partial charge in [-0.1, -0.05) is 22.0 Å². The number of hydrogen-bond acceptors (Lipinski definition) is 6. The third kappa shape index (κ3) is 7.70. The molecule has 0 saturated carbocycles. The Labute approximate surface area is 203 Å². The Morgan fingerprint density at radius 2 is 1.41 bits per heavy atom. The van der Waals surface area contributed by atoms with Crippen molar-refractivity contribution < 1.29 is 14.6 Å². The molecule has 0 amide bonds. The van der Waals surface area contributed by atoms with Crippen molar-refractivity contribution in [3.63, 3.8) is 0 Å². The van der Waals surface area contributed by atoms with Crippen LogP contribution >= 0.6 is 61.1 Å². The van der Waals surface area contributed by atoms with E-state index in [0.717, 1.165) is 25.8 Å². The minimum Gasteiger partial charge on any atom is -0.379 e. The van der Waals surface area contributed by atoms with E-state index in [9.17, 15) is 20.2 Å². The average Bonchev–Trinajstić information content (AvgIpc) is 2.70. The van der Waals surface area contributed by atoms with Crippen LogP contribution in [0.3, 0.4) is 0 Å². The molecule has 0 N–H and O–H groups in total. The molecule has 8 nitrogen and oxygen atoms in total. The van der Waals surface area contributed by atoms with Crippen LogP contribution in [0.1, 0.15) is 11.1 Å². The summed E-state index contributed by atoms with van der Waals surface area (Å²) < 4.78 is 7.03. The molecule has 1 aliphatic heterocycles. The molecule has 156 valence electrons. The first-order valence-electron chi connectivity index (χ1n) is 8.53. The summed E-state index contributed by atoms with van der Waals surface area (Å²) in [6, 6.07) is 10.5. The van der Waals surface area contributed by atoms with Gasteiger partial charge in [-0.05, 0) is 63.4 Å². The lowest BCUT2D eigenvalue weighted by molar-refractivity contribution is -0.385. The van der Waals surface area contributed by atoms with Gasteiger partial charge in [0.25, 0.3) is 11.4 Å². The molecule has 2 aromatic carbocycles. The fourth-order valence-electron chi connectivity index (χ4n) is 2.66. The highest BCUT2D eigenvalue weighted by Gasteiger charge is 2.18. The minimum absolute atomic E-state index is 0.179. The predicted molar refractivity (Wildman–Crippen MR) is 130 cm³/mol. The van der Waals surface area contributed by atoms with Gasteiger partial charge in [0.1, 0.15) is 0 Å². The summed E-state index contributed by atoms with van der Waals surface area (Å²) in [5.41, 5.74) is 1.87. The summed E-state index contributed by atoms with van der Waals surface area (Å²) in [5, 5.41) is 22.0. The van der Waals surface area contributed by atoms with Crippen LogP contribution in [-0.2, 0) is 16.6 Å². The molecule has 0 aromatic heterocycles. The monoisotopic (exact) mass is 689 g/mol. The van der Waals surface area contributed by atoms with E-state index in [0.29, 0.717) is 30.7 Å². The Kier molecular flexibility index (Phi) is 10.1. The van der Waals surface area contributed by atoms with Crippen LogP contribution in [0.5, 0.6) is 0 Å². The summed E-state index contributed by atoms with van der Waals surface area (Å²) in [6.45, 7) is 3.71. The van der Waals surface area contributed by atoms with Gasteiger partial charge in [-0.2, -0.15) is 0 Å². The summed E-state index contributed by atoms with van der Waals surface area (Å²) in [7, 11) is 0. The number of nitrogens with zero attached hydrogens (tertiary/aromatic N) is 3. The van der Waals surface area contributed by atoms with Crippen LogP contribution in [0.4, 0.5) is 11.4 Å². The van der Waals surface area contributed by atoms with Crippen LogP contribution in [0.2, 0.25) is 0 Å². The van der Waals surface area contributed by atoms with Gasteiger partial charge in [0.05, 0.1) is 23.1 Å². The second-order valence-electron chi connectivity index (χ2n) is 6.08. The number of ether oxygens (including phenoxy) is 1. The van der Waals surface area contributed by atoms with Gasteiger partial charge in [0.2, 0.25) is 0 Å². The van der Waals surface area contributed by atoms with E-state index in [4.69, 9.17) is 4.74 Å². The molecule has 29 heavy (non-hydrogen) atoms. The lowest BCUT2D eigenvalue weighted by atomic mass is 10.1. The van der Waals surface area contributed by atoms with Crippen LogP contribution in [0.15, 0.2) is 36.4 Å². The maximum atomic E-state index is 11.0. The zero-order valence-electron chi connectivity index (χ0n) is 15.2. The highest BCUT2D eigenvalue weighted by molar-refractivity contribution is 14.1. The predicted octanol–water partition coefficient (Wildman–Crippen LogP) is 5.13. The third-order valence-electron chi connectivity index (χ3n) is 4.13. The molecular formula is C18H18BrI2N3O5. The summed E-state index contributed by atoms with van der Waals surface area (Å²) >= 11 is 7.33. The molecule has 1 aliphatic rings. The molecule has 0 radical (unpaired) electrons. The Hall–Kier alpha value is -0.900. The first-order chi connectivity index (χ1) is 13.8. The number of rotatable bonds is 5. The normalized spacial score (nSPS) is 14.0. The molecule has 0 aliphatic carbocycles. The van der Waals surface area contributed by atoms with Gasteiger partial charge >= 0.3 is 0 Å². The van der Waals surface area contributed by atoms with Gasteiger partial charge in [-0.15, -0.1) is 0 Å². The minimum atomic E-state index is -0.362. The number of hydrogen-bond donors (Lipinski definition) is 0. The molecule has 3 rings (SSSR count). The maximum absolute atomic E-state index is 11.0. The number of nitro benzene ring substituents is 2. The molecule has 11 heteroatoms. The van der Waals surface area contributed by atoms with Crippen LogP contribution in [0, 0.1) is 27.4 Å². The molecule has 0 atom stereocenters. The van der Waals surface area contributed by atoms with Crippen molar-refractivity contribution in [3.05, 3.63) is 74.9 Å². The van der Waals surface area contributed by atoms with Crippen LogP contribution in [0.25, 0.3) is 0 Å². The molecule has 1 fully saturated rings. The topological polar surface area (TPSA) is 98.8 Å². The SMILES string of the molecule is O=[N+]([O-])c1cc(I)ccc1CBr.O=[N+]([O-])c1cc(I)ccc1CN1CCOCC1. The number of benzene rings is 2. The van der Waals surface area contributed by atoms with Crippen LogP contribution in [-0.4, -0.2) is 41.0 Å². The van der Waals surface area contributed by atoms with Gasteiger partial charge in [0, 0.05) is 55.4 Å². The zero-order valence-corrected chi connectivity index (χ0v) is 21.1. The van der Waals surface area contributed by atoms with Gasteiger partial charge < -0.3 is 4.74 Å². The van der Waals surface area contributed by atoms with Gasteiger partial charge in [-0.3, -0.25) is 25.1 Å². The number of halogens is 3. The lowest BCUT2D eigenvalue weighted by Gasteiger charge is -2.26. The van der Waals surface area contributed by atoms with E-state index >= 15 is 0 Å².